The number of aryl methyl sites for hydroxylation is 1. The molecule has 0 fully saturated rings. The number of benzene rings is 1. The number of aromatic nitrogens is 6. The predicted molar refractivity (Wildman–Crippen MR) is 121 cm³/mol. The van der Waals surface area contributed by atoms with Crippen molar-refractivity contribution in [1.82, 2.24) is 29.9 Å². The number of imidazole rings is 1. The molecule has 0 aliphatic carbocycles. The van der Waals surface area contributed by atoms with Crippen LogP contribution in [0.3, 0.4) is 0 Å². The molecular formula is C24H16N6O2. The van der Waals surface area contributed by atoms with Gasteiger partial charge in [-0.15, -0.1) is 0 Å². The van der Waals surface area contributed by atoms with Crippen molar-refractivity contribution in [3.8, 4) is 34.1 Å². The van der Waals surface area contributed by atoms with Crippen LogP contribution in [0, 0.1) is 6.92 Å². The summed E-state index contributed by atoms with van der Waals surface area (Å²) in [6.07, 6.45) is 5.03. The number of hydrogen-bond acceptors (Lipinski definition) is 6. The second-order valence-corrected chi connectivity index (χ2v) is 7.43. The van der Waals surface area contributed by atoms with E-state index in [0.717, 1.165) is 22.2 Å². The highest BCUT2D eigenvalue weighted by Gasteiger charge is 2.18. The second kappa shape index (κ2) is 6.98. The average Bonchev–Trinajstić information content (AvgIpc) is 3.49. The molecule has 0 spiro atoms. The highest BCUT2D eigenvalue weighted by molar-refractivity contribution is 5.89. The van der Waals surface area contributed by atoms with Crippen LogP contribution in [0.4, 0.5) is 0 Å². The van der Waals surface area contributed by atoms with Crippen molar-refractivity contribution in [3.63, 3.8) is 0 Å². The standard InChI is InChI=1S/C24H16N6O2/c1-13-4-7-19(32-13)21-20(15-5-6-17-14(11-15)3-2-8-25-17)28-18-12-16(22-26-9-10-27-22)24(31)30-23(18)29-21/h2-12H,1H3,(H,26,27)(H,29,30,31). The smallest absolute Gasteiger partial charge is 0.260 e. The van der Waals surface area contributed by atoms with E-state index in [9.17, 15) is 4.79 Å². The third kappa shape index (κ3) is 2.97. The number of nitrogens with zero attached hydrogens (tertiary/aromatic N) is 4. The number of pyridine rings is 2. The molecule has 0 aliphatic rings. The highest BCUT2D eigenvalue weighted by atomic mass is 16.3. The topological polar surface area (TPSA) is 113 Å². The minimum absolute atomic E-state index is 0.298. The van der Waals surface area contributed by atoms with Crippen molar-refractivity contribution in [2.75, 3.05) is 0 Å². The van der Waals surface area contributed by atoms with Gasteiger partial charge in [-0.3, -0.25) is 9.78 Å². The first-order valence-electron chi connectivity index (χ1n) is 10.0. The van der Waals surface area contributed by atoms with Crippen LogP contribution in [-0.4, -0.2) is 29.9 Å². The van der Waals surface area contributed by atoms with Crippen molar-refractivity contribution >= 4 is 22.1 Å². The largest absolute Gasteiger partial charge is 0.460 e. The molecule has 0 unspecified atom stereocenters. The Bertz CT molecular complexity index is 1660. The van der Waals surface area contributed by atoms with E-state index in [4.69, 9.17) is 14.4 Å². The molecule has 6 aromatic rings. The van der Waals surface area contributed by atoms with E-state index in [1.807, 2.05) is 49.4 Å². The third-order valence-electron chi connectivity index (χ3n) is 5.28. The molecule has 1 aromatic carbocycles. The van der Waals surface area contributed by atoms with E-state index in [2.05, 4.69) is 19.9 Å². The van der Waals surface area contributed by atoms with Gasteiger partial charge in [-0.2, -0.15) is 0 Å². The molecule has 0 saturated carbocycles. The van der Waals surface area contributed by atoms with E-state index < -0.39 is 0 Å². The summed E-state index contributed by atoms with van der Waals surface area (Å²) in [4.78, 5) is 36.7. The van der Waals surface area contributed by atoms with Crippen LogP contribution in [0.15, 0.2) is 76.3 Å². The van der Waals surface area contributed by atoms with Crippen LogP contribution in [0.5, 0.6) is 0 Å². The number of rotatable bonds is 3. The molecule has 0 atom stereocenters. The Morgan fingerprint density at radius 2 is 1.84 bits per heavy atom. The number of hydrogen-bond donors (Lipinski definition) is 2. The molecule has 2 N–H and O–H groups in total. The van der Waals surface area contributed by atoms with Crippen molar-refractivity contribution < 1.29 is 4.42 Å². The molecule has 6 rings (SSSR count). The lowest BCUT2D eigenvalue weighted by atomic mass is 10.0. The molecule has 32 heavy (non-hydrogen) atoms. The number of fused-ring (bicyclic) bond motifs is 2. The first kappa shape index (κ1) is 18.2. The summed E-state index contributed by atoms with van der Waals surface area (Å²) in [5.41, 5.74) is 3.98. The lowest BCUT2D eigenvalue weighted by Gasteiger charge is -2.10. The number of H-pyrrole nitrogens is 2. The zero-order valence-corrected chi connectivity index (χ0v) is 17.0. The van der Waals surface area contributed by atoms with Gasteiger partial charge < -0.3 is 14.4 Å². The van der Waals surface area contributed by atoms with Gasteiger partial charge >= 0.3 is 0 Å². The van der Waals surface area contributed by atoms with Crippen molar-refractivity contribution in [2.45, 2.75) is 6.92 Å². The van der Waals surface area contributed by atoms with Gasteiger partial charge in [0.05, 0.1) is 11.1 Å². The van der Waals surface area contributed by atoms with Crippen LogP contribution in [-0.2, 0) is 0 Å². The Labute approximate surface area is 181 Å². The fraction of sp³-hybridized carbons (Fsp3) is 0.0417. The summed E-state index contributed by atoms with van der Waals surface area (Å²) in [6.45, 7) is 1.87. The molecule has 154 valence electrons. The van der Waals surface area contributed by atoms with Crippen molar-refractivity contribution in [1.29, 1.82) is 0 Å². The van der Waals surface area contributed by atoms with Gasteiger partial charge in [0.15, 0.2) is 11.4 Å². The molecule has 0 aliphatic heterocycles. The summed E-state index contributed by atoms with van der Waals surface area (Å²) in [7, 11) is 0. The predicted octanol–water partition coefficient (Wildman–Crippen LogP) is 4.49. The summed E-state index contributed by atoms with van der Waals surface area (Å²) in [5, 5.41) is 0.992. The SMILES string of the molecule is Cc1ccc(-c2nc3[nH]c(=O)c(-c4ncc[nH]4)cc3nc2-c2ccc3ncccc3c2)o1. The monoisotopic (exact) mass is 420 g/mol. The van der Waals surface area contributed by atoms with Gasteiger partial charge in [-0.05, 0) is 43.3 Å². The second-order valence-electron chi connectivity index (χ2n) is 7.43. The van der Waals surface area contributed by atoms with Crippen LogP contribution in [0.25, 0.3) is 56.2 Å². The zero-order chi connectivity index (χ0) is 21.7. The van der Waals surface area contributed by atoms with Gasteiger partial charge in [0.25, 0.3) is 5.56 Å². The number of furan rings is 1. The van der Waals surface area contributed by atoms with Crippen LogP contribution in [0.2, 0.25) is 0 Å². The van der Waals surface area contributed by atoms with Gasteiger partial charge in [-0.1, -0.05) is 12.1 Å². The molecule has 5 aromatic heterocycles. The zero-order valence-electron chi connectivity index (χ0n) is 17.0. The maximum absolute atomic E-state index is 12.7. The van der Waals surface area contributed by atoms with Gasteiger partial charge in [0.1, 0.15) is 28.5 Å². The van der Waals surface area contributed by atoms with E-state index in [1.54, 1.807) is 24.7 Å². The minimum atomic E-state index is -0.298. The molecular weight excluding hydrogens is 404 g/mol. The first-order chi connectivity index (χ1) is 15.7. The van der Waals surface area contributed by atoms with Crippen LogP contribution < -0.4 is 5.56 Å². The minimum Gasteiger partial charge on any atom is -0.460 e. The Hall–Kier alpha value is -4.59. The van der Waals surface area contributed by atoms with Crippen LogP contribution >= 0.6 is 0 Å². The molecule has 0 radical (unpaired) electrons. The fourth-order valence-electron chi connectivity index (χ4n) is 3.76. The maximum Gasteiger partial charge on any atom is 0.260 e. The first-order valence-corrected chi connectivity index (χ1v) is 10.0. The quantitative estimate of drug-likeness (QED) is 0.436. The summed E-state index contributed by atoms with van der Waals surface area (Å²) >= 11 is 0. The van der Waals surface area contributed by atoms with Gasteiger partial charge in [-0.25, -0.2) is 15.0 Å². The Morgan fingerprint density at radius 3 is 2.66 bits per heavy atom. The van der Waals surface area contributed by atoms with Crippen molar-refractivity contribution in [2.24, 2.45) is 0 Å². The lowest BCUT2D eigenvalue weighted by molar-refractivity contribution is 0.546. The highest BCUT2D eigenvalue weighted by Crippen LogP contribution is 2.33. The lowest BCUT2D eigenvalue weighted by Crippen LogP contribution is -2.11. The molecule has 0 saturated heterocycles. The maximum atomic E-state index is 12.7. The molecule has 5 heterocycles. The van der Waals surface area contributed by atoms with Crippen LogP contribution in [0.1, 0.15) is 5.76 Å². The third-order valence-corrected chi connectivity index (χ3v) is 5.28. The Balaban J connectivity index is 1.64. The molecule has 8 heteroatoms. The molecule has 0 bridgehead atoms. The molecule has 0 amide bonds. The summed E-state index contributed by atoms with van der Waals surface area (Å²) in [6, 6.07) is 15.3. The Morgan fingerprint density at radius 1 is 0.906 bits per heavy atom. The van der Waals surface area contributed by atoms with E-state index in [-0.39, 0.29) is 5.56 Å². The van der Waals surface area contributed by atoms with Gasteiger partial charge in [0.2, 0.25) is 0 Å². The van der Waals surface area contributed by atoms with Crippen molar-refractivity contribution in [3.05, 3.63) is 83.2 Å². The normalized spacial score (nSPS) is 11.4. The number of nitrogens with one attached hydrogen (secondary N) is 2. The van der Waals surface area contributed by atoms with Gasteiger partial charge in [0, 0.05) is 29.5 Å². The average molecular weight is 420 g/mol. The number of aromatic amines is 2. The van der Waals surface area contributed by atoms with E-state index >= 15 is 0 Å². The summed E-state index contributed by atoms with van der Waals surface area (Å²) in [5.74, 6) is 1.81. The van der Waals surface area contributed by atoms with E-state index in [1.165, 1.54) is 0 Å². The fourth-order valence-corrected chi connectivity index (χ4v) is 3.76. The van der Waals surface area contributed by atoms with E-state index in [0.29, 0.717) is 39.7 Å². The molecule has 8 nitrogen and oxygen atoms in total. The summed E-state index contributed by atoms with van der Waals surface area (Å²) < 4.78 is 5.86. The Kier molecular flexibility index (Phi) is 3.97.